The van der Waals surface area contributed by atoms with Crippen LogP contribution in [0.2, 0.25) is 0 Å². The van der Waals surface area contributed by atoms with Crippen LogP contribution in [-0.4, -0.2) is 36.1 Å². The van der Waals surface area contributed by atoms with Crippen LogP contribution in [0.4, 0.5) is 0 Å². The molecule has 0 spiro atoms. The van der Waals surface area contributed by atoms with Crippen molar-refractivity contribution < 1.29 is 10.0 Å². The zero-order valence-corrected chi connectivity index (χ0v) is 11.2. The molecule has 1 amide bonds. The number of oxime groups is 1. The Balaban J connectivity index is 2.05. The monoisotopic (exact) mass is 256 g/mol. The van der Waals surface area contributed by atoms with Crippen LogP contribution in [0.1, 0.15) is 39.5 Å². The van der Waals surface area contributed by atoms with Crippen molar-refractivity contribution in [1.82, 2.24) is 10.6 Å². The van der Waals surface area contributed by atoms with Crippen molar-refractivity contribution in [2.75, 3.05) is 13.1 Å². The van der Waals surface area contributed by atoms with Crippen molar-refractivity contribution in [1.29, 1.82) is 0 Å². The van der Waals surface area contributed by atoms with Crippen LogP contribution in [0.15, 0.2) is 5.16 Å². The fraction of sp³-hybridized carbons (Fsp3) is 0.833. The van der Waals surface area contributed by atoms with Crippen LogP contribution in [0.25, 0.3) is 0 Å². The second-order valence-corrected chi connectivity index (χ2v) is 5.49. The number of hydrogen-bond acceptors (Lipinski definition) is 4. The number of nitrogens with two attached hydrogens (primary N) is 1. The Kier molecular flexibility index (Phi) is 5.40. The van der Waals surface area contributed by atoms with Crippen LogP contribution in [-0.2, 0) is 4.79 Å². The van der Waals surface area contributed by atoms with Crippen LogP contribution < -0.4 is 16.4 Å². The summed E-state index contributed by atoms with van der Waals surface area (Å²) in [6.45, 7) is 4.98. The number of amidine groups is 1. The molecule has 0 radical (unpaired) electrons. The predicted molar refractivity (Wildman–Crippen MR) is 70.5 cm³/mol. The smallest absolute Gasteiger partial charge is 0.234 e. The lowest BCUT2D eigenvalue weighted by molar-refractivity contribution is -0.120. The van der Waals surface area contributed by atoms with E-state index in [4.69, 9.17) is 10.9 Å². The zero-order chi connectivity index (χ0) is 13.6. The molecule has 104 valence electrons. The van der Waals surface area contributed by atoms with Crippen molar-refractivity contribution in [3.8, 4) is 0 Å². The molecule has 1 fully saturated rings. The molecule has 0 bridgehead atoms. The maximum Gasteiger partial charge on any atom is 0.234 e. The van der Waals surface area contributed by atoms with Crippen LogP contribution in [0.5, 0.6) is 0 Å². The Morgan fingerprint density at radius 2 is 2.17 bits per heavy atom. The normalized spacial score (nSPS) is 16.7. The van der Waals surface area contributed by atoms with E-state index in [-0.39, 0.29) is 17.2 Å². The molecular formula is C12H24N4O2. The molecular weight excluding hydrogens is 232 g/mol. The van der Waals surface area contributed by atoms with Crippen molar-refractivity contribution in [3.05, 3.63) is 0 Å². The fourth-order valence-corrected chi connectivity index (χ4v) is 1.63. The summed E-state index contributed by atoms with van der Waals surface area (Å²) >= 11 is 0. The van der Waals surface area contributed by atoms with Gasteiger partial charge in [-0.15, -0.1) is 0 Å². The standard InChI is InChI=1S/C12H24N4O2/c1-12(2,11(13)16-18)6-3-7-14-8-10(17)15-9-4-5-9/h9,14,18H,3-8H2,1-2H3,(H2,13,16)(H,15,17). The van der Waals surface area contributed by atoms with E-state index in [1.54, 1.807) is 0 Å². The van der Waals surface area contributed by atoms with E-state index >= 15 is 0 Å². The Labute approximate surface area is 108 Å². The molecule has 0 unspecified atom stereocenters. The fourth-order valence-electron chi connectivity index (χ4n) is 1.63. The van der Waals surface area contributed by atoms with Gasteiger partial charge in [-0.3, -0.25) is 4.79 Å². The first kappa shape index (κ1) is 14.8. The van der Waals surface area contributed by atoms with Gasteiger partial charge in [0, 0.05) is 11.5 Å². The number of rotatable bonds is 8. The lowest BCUT2D eigenvalue weighted by atomic mass is 9.86. The number of nitrogens with zero attached hydrogens (tertiary/aromatic N) is 1. The summed E-state index contributed by atoms with van der Waals surface area (Å²) in [5.41, 5.74) is 5.28. The second kappa shape index (κ2) is 6.58. The van der Waals surface area contributed by atoms with Crippen LogP contribution >= 0.6 is 0 Å². The SMILES string of the molecule is CC(C)(CCCNCC(=O)NC1CC1)C(N)=NO. The molecule has 18 heavy (non-hydrogen) atoms. The average molecular weight is 256 g/mol. The third-order valence-corrected chi connectivity index (χ3v) is 3.18. The number of carbonyl (C=O) groups excluding carboxylic acids is 1. The van der Waals surface area contributed by atoms with Gasteiger partial charge in [0.05, 0.1) is 6.54 Å². The molecule has 1 aliphatic rings. The predicted octanol–water partition coefficient (Wildman–Crippen LogP) is 0.407. The minimum atomic E-state index is -0.313. The van der Waals surface area contributed by atoms with E-state index in [9.17, 15) is 4.79 Å². The highest BCUT2D eigenvalue weighted by Gasteiger charge is 2.23. The van der Waals surface area contributed by atoms with Gasteiger partial charge in [-0.25, -0.2) is 0 Å². The summed E-state index contributed by atoms with van der Waals surface area (Å²) in [5, 5.41) is 17.7. The van der Waals surface area contributed by atoms with Gasteiger partial charge < -0.3 is 21.6 Å². The highest BCUT2D eigenvalue weighted by Crippen LogP contribution is 2.21. The summed E-state index contributed by atoms with van der Waals surface area (Å²) in [6, 6.07) is 0.416. The molecule has 1 rings (SSSR count). The molecule has 0 aromatic rings. The highest BCUT2D eigenvalue weighted by molar-refractivity contribution is 5.85. The quantitative estimate of drug-likeness (QED) is 0.166. The van der Waals surface area contributed by atoms with Crippen molar-refractivity contribution in [2.45, 2.75) is 45.6 Å². The molecule has 0 aromatic heterocycles. The summed E-state index contributed by atoms with van der Waals surface area (Å²) in [7, 11) is 0. The first-order chi connectivity index (χ1) is 8.45. The molecule has 0 saturated heterocycles. The van der Waals surface area contributed by atoms with Crippen molar-refractivity contribution in [2.24, 2.45) is 16.3 Å². The van der Waals surface area contributed by atoms with E-state index < -0.39 is 0 Å². The van der Waals surface area contributed by atoms with Gasteiger partial charge in [-0.05, 0) is 32.2 Å². The molecule has 0 atom stereocenters. The minimum Gasteiger partial charge on any atom is -0.409 e. The Bertz CT molecular complexity index is 311. The van der Waals surface area contributed by atoms with Gasteiger partial charge in [0.2, 0.25) is 5.91 Å². The summed E-state index contributed by atoms with van der Waals surface area (Å²) in [6.07, 6.45) is 3.90. The van der Waals surface area contributed by atoms with E-state index in [1.165, 1.54) is 0 Å². The maximum absolute atomic E-state index is 11.4. The van der Waals surface area contributed by atoms with Gasteiger partial charge in [0.1, 0.15) is 5.84 Å². The summed E-state index contributed by atoms with van der Waals surface area (Å²) < 4.78 is 0. The van der Waals surface area contributed by atoms with Crippen LogP contribution in [0.3, 0.4) is 0 Å². The molecule has 6 heteroatoms. The topological polar surface area (TPSA) is 99.7 Å². The molecule has 0 aromatic carbocycles. The van der Waals surface area contributed by atoms with E-state index in [1.807, 2.05) is 13.8 Å². The van der Waals surface area contributed by atoms with E-state index in [2.05, 4.69) is 15.8 Å². The maximum atomic E-state index is 11.4. The van der Waals surface area contributed by atoms with Gasteiger partial charge in [0.25, 0.3) is 0 Å². The molecule has 1 aliphatic carbocycles. The molecule has 0 heterocycles. The van der Waals surface area contributed by atoms with E-state index in [0.29, 0.717) is 12.6 Å². The minimum absolute atomic E-state index is 0.0631. The largest absolute Gasteiger partial charge is 0.409 e. The lowest BCUT2D eigenvalue weighted by Crippen LogP contribution is -2.36. The average Bonchev–Trinajstić information content (AvgIpc) is 3.11. The van der Waals surface area contributed by atoms with Crippen molar-refractivity contribution in [3.63, 3.8) is 0 Å². The van der Waals surface area contributed by atoms with Crippen LogP contribution in [0, 0.1) is 5.41 Å². The van der Waals surface area contributed by atoms with Gasteiger partial charge >= 0.3 is 0 Å². The number of amides is 1. The molecule has 1 saturated carbocycles. The first-order valence-electron chi connectivity index (χ1n) is 6.44. The Morgan fingerprint density at radius 3 is 2.72 bits per heavy atom. The second-order valence-electron chi connectivity index (χ2n) is 5.49. The Hall–Kier alpha value is -1.30. The zero-order valence-electron chi connectivity index (χ0n) is 11.2. The van der Waals surface area contributed by atoms with Gasteiger partial charge in [0.15, 0.2) is 0 Å². The molecule has 5 N–H and O–H groups in total. The highest BCUT2D eigenvalue weighted by atomic mass is 16.4. The number of hydrogen-bond donors (Lipinski definition) is 4. The first-order valence-corrected chi connectivity index (χ1v) is 6.44. The molecule has 6 nitrogen and oxygen atoms in total. The number of nitrogens with one attached hydrogen (secondary N) is 2. The van der Waals surface area contributed by atoms with Gasteiger partial charge in [-0.2, -0.15) is 0 Å². The van der Waals surface area contributed by atoms with E-state index in [0.717, 1.165) is 32.2 Å². The third kappa shape index (κ3) is 5.35. The third-order valence-electron chi connectivity index (χ3n) is 3.18. The Morgan fingerprint density at radius 1 is 1.50 bits per heavy atom. The number of carbonyl (C=O) groups is 1. The lowest BCUT2D eigenvalue weighted by Gasteiger charge is -2.22. The van der Waals surface area contributed by atoms with Gasteiger partial charge in [-0.1, -0.05) is 19.0 Å². The summed E-state index contributed by atoms with van der Waals surface area (Å²) in [5.74, 6) is 0.308. The summed E-state index contributed by atoms with van der Waals surface area (Å²) in [4.78, 5) is 11.4. The van der Waals surface area contributed by atoms with Crippen molar-refractivity contribution >= 4 is 11.7 Å². The molecule has 0 aliphatic heterocycles.